The number of carbonyl (C=O) groups excluding carboxylic acids is 2. The van der Waals surface area contributed by atoms with Crippen molar-refractivity contribution in [1.29, 1.82) is 0 Å². The van der Waals surface area contributed by atoms with E-state index >= 15 is 0 Å². The molecule has 0 aromatic heterocycles. The molecular formula is C21H26N2O3. The summed E-state index contributed by atoms with van der Waals surface area (Å²) in [5, 5.41) is 2.90. The minimum absolute atomic E-state index is 0.0864. The molecule has 2 amide bonds. The number of hydrogen-bond acceptors (Lipinski definition) is 3. The molecule has 2 aromatic rings. The van der Waals surface area contributed by atoms with Gasteiger partial charge in [0.1, 0.15) is 5.75 Å². The van der Waals surface area contributed by atoms with Crippen LogP contribution in [-0.4, -0.2) is 37.4 Å². The van der Waals surface area contributed by atoms with Crippen molar-refractivity contribution in [1.82, 2.24) is 4.90 Å². The molecule has 0 saturated heterocycles. The van der Waals surface area contributed by atoms with E-state index < -0.39 is 0 Å². The summed E-state index contributed by atoms with van der Waals surface area (Å²) in [6, 6.07) is 14.7. The third-order valence-electron chi connectivity index (χ3n) is 3.88. The van der Waals surface area contributed by atoms with Gasteiger partial charge in [0, 0.05) is 31.8 Å². The molecule has 138 valence electrons. The van der Waals surface area contributed by atoms with Crippen LogP contribution in [0.25, 0.3) is 0 Å². The Morgan fingerprint density at radius 2 is 1.85 bits per heavy atom. The van der Waals surface area contributed by atoms with Crippen LogP contribution in [0.4, 0.5) is 5.69 Å². The maximum Gasteiger partial charge on any atom is 0.255 e. The Balaban J connectivity index is 2.00. The van der Waals surface area contributed by atoms with Crippen LogP contribution in [0.1, 0.15) is 35.7 Å². The second-order valence-corrected chi connectivity index (χ2v) is 6.32. The first-order chi connectivity index (χ1) is 12.5. The normalized spacial score (nSPS) is 10.3. The highest BCUT2D eigenvalue weighted by molar-refractivity contribution is 6.04. The molecule has 0 radical (unpaired) electrons. The van der Waals surface area contributed by atoms with E-state index in [2.05, 4.69) is 5.32 Å². The summed E-state index contributed by atoms with van der Waals surface area (Å²) >= 11 is 0. The number of rotatable bonds is 8. The number of amides is 2. The van der Waals surface area contributed by atoms with Gasteiger partial charge in [-0.15, -0.1) is 0 Å². The Kier molecular flexibility index (Phi) is 7.21. The van der Waals surface area contributed by atoms with E-state index in [1.165, 1.54) is 0 Å². The SMILES string of the molecule is CCCOc1cccc(C(=O)Nc2cccc(CCC(=O)N(C)C)c2)c1. The van der Waals surface area contributed by atoms with E-state index in [4.69, 9.17) is 4.74 Å². The lowest BCUT2D eigenvalue weighted by Crippen LogP contribution is -2.21. The van der Waals surface area contributed by atoms with Crippen molar-refractivity contribution in [2.75, 3.05) is 26.0 Å². The van der Waals surface area contributed by atoms with Gasteiger partial charge in [0.2, 0.25) is 5.91 Å². The highest BCUT2D eigenvalue weighted by Crippen LogP contribution is 2.17. The highest BCUT2D eigenvalue weighted by atomic mass is 16.5. The molecule has 2 rings (SSSR count). The first kappa shape index (κ1) is 19.5. The molecule has 0 aliphatic rings. The molecule has 0 heterocycles. The quantitative estimate of drug-likeness (QED) is 0.785. The Bertz CT molecular complexity index is 756. The number of hydrogen-bond donors (Lipinski definition) is 1. The van der Waals surface area contributed by atoms with Gasteiger partial charge in [0.05, 0.1) is 6.61 Å². The molecule has 0 saturated carbocycles. The molecule has 0 atom stereocenters. The van der Waals surface area contributed by atoms with E-state index in [1.807, 2.05) is 43.3 Å². The van der Waals surface area contributed by atoms with Crippen LogP contribution < -0.4 is 10.1 Å². The van der Waals surface area contributed by atoms with Gasteiger partial charge < -0.3 is 15.0 Å². The molecule has 0 unspecified atom stereocenters. The molecule has 0 spiro atoms. The van der Waals surface area contributed by atoms with Gasteiger partial charge in [-0.1, -0.05) is 25.1 Å². The summed E-state index contributed by atoms with van der Waals surface area (Å²) in [6.07, 6.45) is 2.00. The van der Waals surface area contributed by atoms with E-state index in [-0.39, 0.29) is 11.8 Å². The monoisotopic (exact) mass is 354 g/mol. The van der Waals surface area contributed by atoms with Crippen molar-refractivity contribution < 1.29 is 14.3 Å². The Labute approximate surface area is 155 Å². The second-order valence-electron chi connectivity index (χ2n) is 6.32. The molecule has 2 aromatic carbocycles. The number of anilines is 1. The fourth-order valence-corrected chi connectivity index (χ4v) is 2.43. The summed E-state index contributed by atoms with van der Waals surface area (Å²) in [7, 11) is 3.49. The zero-order valence-electron chi connectivity index (χ0n) is 15.6. The van der Waals surface area contributed by atoms with E-state index in [9.17, 15) is 9.59 Å². The minimum atomic E-state index is -0.187. The Morgan fingerprint density at radius 3 is 2.58 bits per heavy atom. The predicted octanol–water partition coefficient (Wildman–Crippen LogP) is 3.75. The van der Waals surface area contributed by atoms with Gasteiger partial charge in [-0.25, -0.2) is 0 Å². The maximum absolute atomic E-state index is 12.5. The fraction of sp³-hybridized carbons (Fsp3) is 0.333. The largest absolute Gasteiger partial charge is 0.494 e. The third-order valence-corrected chi connectivity index (χ3v) is 3.88. The Hall–Kier alpha value is -2.82. The molecule has 5 heteroatoms. The van der Waals surface area contributed by atoms with Gasteiger partial charge in [-0.05, 0) is 48.7 Å². The topological polar surface area (TPSA) is 58.6 Å². The van der Waals surface area contributed by atoms with E-state index in [0.717, 1.165) is 12.0 Å². The summed E-state index contributed by atoms with van der Waals surface area (Å²) in [4.78, 5) is 25.8. The third kappa shape index (κ3) is 5.92. The summed E-state index contributed by atoms with van der Waals surface area (Å²) in [5.41, 5.74) is 2.27. The average Bonchev–Trinajstić information content (AvgIpc) is 2.64. The standard InChI is InChI=1S/C21H26N2O3/c1-4-13-26-19-10-6-8-17(15-19)21(25)22-18-9-5-7-16(14-18)11-12-20(24)23(2)3/h5-10,14-15H,4,11-13H2,1-3H3,(H,22,25). The average molecular weight is 354 g/mol. The molecule has 26 heavy (non-hydrogen) atoms. The van der Waals surface area contributed by atoms with Crippen molar-refractivity contribution >= 4 is 17.5 Å². The van der Waals surface area contributed by atoms with Crippen molar-refractivity contribution in [3.05, 3.63) is 59.7 Å². The second kappa shape index (κ2) is 9.61. The van der Waals surface area contributed by atoms with Crippen molar-refractivity contribution in [2.45, 2.75) is 26.2 Å². The summed E-state index contributed by atoms with van der Waals surface area (Å²) in [6.45, 7) is 2.66. The smallest absolute Gasteiger partial charge is 0.255 e. The van der Waals surface area contributed by atoms with E-state index in [0.29, 0.717) is 36.4 Å². The number of ether oxygens (including phenoxy) is 1. The lowest BCUT2D eigenvalue weighted by Gasteiger charge is -2.11. The zero-order chi connectivity index (χ0) is 18.9. The van der Waals surface area contributed by atoms with Gasteiger partial charge in [-0.2, -0.15) is 0 Å². The lowest BCUT2D eigenvalue weighted by molar-refractivity contribution is -0.128. The van der Waals surface area contributed by atoms with E-state index in [1.54, 1.807) is 31.1 Å². The molecule has 0 aliphatic heterocycles. The number of nitrogens with one attached hydrogen (secondary N) is 1. The number of benzene rings is 2. The molecule has 0 bridgehead atoms. The number of carbonyl (C=O) groups is 2. The maximum atomic E-state index is 12.5. The number of nitrogens with zero attached hydrogens (tertiary/aromatic N) is 1. The molecule has 1 N–H and O–H groups in total. The fourth-order valence-electron chi connectivity index (χ4n) is 2.43. The van der Waals surface area contributed by atoms with Crippen molar-refractivity contribution in [3.63, 3.8) is 0 Å². The van der Waals surface area contributed by atoms with Crippen molar-refractivity contribution in [3.8, 4) is 5.75 Å². The van der Waals surface area contributed by atoms with Gasteiger partial charge >= 0.3 is 0 Å². The van der Waals surface area contributed by atoms with Crippen LogP contribution in [0.3, 0.4) is 0 Å². The van der Waals surface area contributed by atoms with Gasteiger partial charge in [-0.3, -0.25) is 9.59 Å². The first-order valence-electron chi connectivity index (χ1n) is 8.83. The van der Waals surface area contributed by atoms with Crippen LogP contribution in [0.5, 0.6) is 5.75 Å². The van der Waals surface area contributed by atoms with Crippen molar-refractivity contribution in [2.24, 2.45) is 0 Å². The van der Waals surface area contributed by atoms with Crippen LogP contribution in [-0.2, 0) is 11.2 Å². The molecule has 0 fully saturated rings. The number of aryl methyl sites for hydroxylation is 1. The minimum Gasteiger partial charge on any atom is -0.494 e. The lowest BCUT2D eigenvalue weighted by atomic mass is 10.1. The van der Waals surface area contributed by atoms with Crippen LogP contribution in [0.2, 0.25) is 0 Å². The zero-order valence-corrected chi connectivity index (χ0v) is 15.6. The van der Waals surface area contributed by atoms with Gasteiger partial charge in [0.25, 0.3) is 5.91 Å². The van der Waals surface area contributed by atoms with Gasteiger partial charge in [0.15, 0.2) is 0 Å². The predicted molar refractivity (Wildman–Crippen MR) is 104 cm³/mol. The first-order valence-corrected chi connectivity index (χ1v) is 8.83. The molecular weight excluding hydrogens is 328 g/mol. The van der Waals surface area contributed by atoms with Crippen LogP contribution in [0, 0.1) is 0 Å². The van der Waals surface area contributed by atoms with Crippen LogP contribution in [0.15, 0.2) is 48.5 Å². The summed E-state index contributed by atoms with van der Waals surface area (Å²) < 4.78 is 5.57. The highest BCUT2D eigenvalue weighted by Gasteiger charge is 2.09. The Morgan fingerprint density at radius 1 is 1.08 bits per heavy atom. The summed E-state index contributed by atoms with van der Waals surface area (Å²) in [5.74, 6) is 0.590. The molecule has 5 nitrogen and oxygen atoms in total. The van der Waals surface area contributed by atoms with Crippen LogP contribution >= 0.6 is 0 Å². The molecule has 0 aliphatic carbocycles.